The van der Waals surface area contributed by atoms with Crippen LogP contribution in [0.1, 0.15) is 18.4 Å². The van der Waals surface area contributed by atoms with E-state index in [1.165, 1.54) is 0 Å². The number of benzene rings is 1. The summed E-state index contributed by atoms with van der Waals surface area (Å²) in [4.78, 5) is 14.2. The Labute approximate surface area is 149 Å². The highest BCUT2D eigenvalue weighted by molar-refractivity contribution is 5.85. The quantitative estimate of drug-likeness (QED) is 0.806. The van der Waals surface area contributed by atoms with E-state index in [1.54, 1.807) is 21.3 Å². The normalized spacial score (nSPS) is 16.2. The summed E-state index contributed by atoms with van der Waals surface area (Å²) >= 11 is 0. The van der Waals surface area contributed by atoms with Crippen LogP contribution in [-0.2, 0) is 11.2 Å². The summed E-state index contributed by atoms with van der Waals surface area (Å²) < 4.78 is 16.1. The minimum atomic E-state index is 0. The number of nitrogens with one attached hydrogen (secondary N) is 1. The number of carbonyl (C=O) groups excluding carboxylic acids is 1. The smallest absolute Gasteiger partial charge is 0.222 e. The van der Waals surface area contributed by atoms with Gasteiger partial charge >= 0.3 is 0 Å². The number of likely N-dealkylation sites (N-methyl/N-ethyl adjacent to an activating group) is 1. The summed E-state index contributed by atoms with van der Waals surface area (Å²) in [6, 6.07) is 4.06. The Hall–Kier alpha value is -1.66. The maximum absolute atomic E-state index is 12.4. The fraction of sp³-hybridized carbons (Fsp3) is 0.588. The molecule has 0 bridgehead atoms. The standard InChI is InChI=1S/C17H26N2O4.ClH/c1-19(13-9-10-18-11-13)15(20)8-6-12-5-7-14(21-2)17(23-4)16(12)22-3;/h5,7,13,18H,6,8-11H2,1-4H3;1H. The topological polar surface area (TPSA) is 60.0 Å². The van der Waals surface area contributed by atoms with Crippen molar-refractivity contribution in [2.75, 3.05) is 41.5 Å². The molecule has 1 aliphatic heterocycles. The number of rotatable bonds is 7. The van der Waals surface area contributed by atoms with Crippen molar-refractivity contribution in [3.63, 3.8) is 0 Å². The second kappa shape index (κ2) is 9.59. The molecular formula is C17H27ClN2O4. The number of hydrogen-bond acceptors (Lipinski definition) is 5. The van der Waals surface area contributed by atoms with Gasteiger partial charge in [-0.25, -0.2) is 0 Å². The third kappa shape index (κ3) is 4.45. The number of aryl methyl sites for hydroxylation is 1. The predicted molar refractivity (Wildman–Crippen MR) is 95.7 cm³/mol. The lowest BCUT2D eigenvalue weighted by molar-refractivity contribution is -0.131. The first-order chi connectivity index (χ1) is 11.1. The largest absolute Gasteiger partial charge is 0.493 e. The molecule has 1 fully saturated rings. The molecule has 1 amide bonds. The minimum Gasteiger partial charge on any atom is -0.493 e. The van der Waals surface area contributed by atoms with E-state index in [1.807, 2.05) is 24.1 Å². The van der Waals surface area contributed by atoms with Gasteiger partial charge in [0.2, 0.25) is 11.7 Å². The Bertz CT molecular complexity index is 548. The zero-order valence-electron chi connectivity index (χ0n) is 14.8. The van der Waals surface area contributed by atoms with Gasteiger partial charge in [0.15, 0.2) is 11.5 Å². The van der Waals surface area contributed by atoms with Crippen molar-refractivity contribution in [2.24, 2.45) is 0 Å². The molecule has 1 saturated heterocycles. The Kier molecular flexibility index (Phi) is 8.15. The van der Waals surface area contributed by atoms with Crippen LogP contribution in [0.25, 0.3) is 0 Å². The molecule has 7 heteroatoms. The number of methoxy groups -OCH3 is 3. The van der Waals surface area contributed by atoms with Gasteiger partial charge in [-0.05, 0) is 31.0 Å². The first-order valence-electron chi connectivity index (χ1n) is 7.86. The molecule has 1 heterocycles. The van der Waals surface area contributed by atoms with Crippen LogP contribution in [0.15, 0.2) is 12.1 Å². The zero-order chi connectivity index (χ0) is 16.8. The molecule has 2 rings (SSSR count). The lowest BCUT2D eigenvalue weighted by Crippen LogP contribution is -2.38. The van der Waals surface area contributed by atoms with Crippen molar-refractivity contribution in [3.05, 3.63) is 17.7 Å². The van der Waals surface area contributed by atoms with Gasteiger partial charge in [-0.1, -0.05) is 6.07 Å². The van der Waals surface area contributed by atoms with E-state index in [-0.39, 0.29) is 18.3 Å². The Morgan fingerprint density at radius 3 is 2.46 bits per heavy atom. The van der Waals surface area contributed by atoms with Gasteiger partial charge in [-0.3, -0.25) is 4.79 Å². The van der Waals surface area contributed by atoms with Crippen LogP contribution in [0.4, 0.5) is 0 Å². The zero-order valence-corrected chi connectivity index (χ0v) is 15.6. The van der Waals surface area contributed by atoms with Gasteiger partial charge in [-0.2, -0.15) is 0 Å². The number of hydrogen-bond donors (Lipinski definition) is 1. The second-order valence-electron chi connectivity index (χ2n) is 5.64. The van der Waals surface area contributed by atoms with E-state index in [0.717, 1.165) is 25.1 Å². The first kappa shape index (κ1) is 20.4. The second-order valence-corrected chi connectivity index (χ2v) is 5.64. The van der Waals surface area contributed by atoms with E-state index >= 15 is 0 Å². The van der Waals surface area contributed by atoms with Gasteiger partial charge in [0.05, 0.1) is 21.3 Å². The molecule has 1 aromatic rings. The Morgan fingerprint density at radius 1 is 1.21 bits per heavy atom. The molecule has 0 aromatic heterocycles. The fourth-order valence-electron chi connectivity index (χ4n) is 2.95. The molecule has 6 nitrogen and oxygen atoms in total. The molecule has 0 saturated carbocycles. The Balaban J connectivity index is 0.00000288. The van der Waals surface area contributed by atoms with E-state index in [2.05, 4.69) is 5.32 Å². The van der Waals surface area contributed by atoms with Crippen LogP contribution in [-0.4, -0.2) is 58.3 Å². The molecule has 24 heavy (non-hydrogen) atoms. The summed E-state index contributed by atoms with van der Waals surface area (Å²) in [5.41, 5.74) is 0.941. The highest BCUT2D eigenvalue weighted by atomic mass is 35.5. The molecule has 1 N–H and O–H groups in total. The van der Waals surface area contributed by atoms with Gasteiger partial charge in [0.1, 0.15) is 0 Å². The van der Waals surface area contributed by atoms with Crippen molar-refractivity contribution >= 4 is 18.3 Å². The summed E-state index contributed by atoms with van der Waals surface area (Å²) in [5, 5.41) is 3.28. The van der Waals surface area contributed by atoms with Crippen LogP contribution in [0.2, 0.25) is 0 Å². The maximum atomic E-state index is 12.4. The Morgan fingerprint density at radius 2 is 1.92 bits per heavy atom. The lowest BCUT2D eigenvalue weighted by Gasteiger charge is -2.24. The van der Waals surface area contributed by atoms with Crippen LogP contribution >= 0.6 is 12.4 Å². The van der Waals surface area contributed by atoms with Crippen molar-refractivity contribution in [3.8, 4) is 17.2 Å². The van der Waals surface area contributed by atoms with Crippen molar-refractivity contribution in [1.29, 1.82) is 0 Å². The maximum Gasteiger partial charge on any atom is 0.222 e. The summed E-state index contributed by atoms with van der Waals surface area (Å²) in [6.07, 6.45) is 2.06. The predicted octanol–water partition coefficient (Wildman–Crippen LogP) is 1.89. The van der Waals surface area contributed by atoms with E-state index in [9.17, 15) is 4.79 Å². The highest BCUT2D eigenvalue weighted by Gasteiger charge is 2.23. The molecule has 0 spiro atoms. The van der Waals surface area contributed by atoms with Crippen LogP contribution < -0.4 is 19.5 Å². The summed E-state index contributed by atoms with van der Waals surface area (Å²) in [7, 11) is 6.64. The molecule has 1 aliphatic rings. The molecule has 0 radical (unpaired) electrons. The van der Waals surface area contributed by atoms with Gasteiger partial charge in [0, 0.05) is 26.1 Å². The number of carbonyl (C=O) groups is 1. The van der Waals surface area contributed by atoms with Crippen molar-refractivity contribution in [1.82, 2.24) is 10.2 Å². The highest BCUT2D eigenvalue weighted by Crippen LogP contribution is 2.40. The van der Waals surface area contributed by atoms with E-state index in [0.29, 0.717) is 36.1 Å². The summed E-state index contributed by atoms with van der Waals surface area (Å²) in [6.45, 7) is 1.85. The molecule has 1 atom stereocenters. The fourth-order valence-corrected chi connectivity index (χ4v) is 2.95. The monoisotopic (exact) mass is 358 g/mol. The average Bonchev–Trinajstić information content (AvgIpc) is 3.12. The van der Waals surface area contributed by atoms with Crippen molar-refractivity contribution in [2.45, 2.75) is 25.3 Å². The van der Waals surface area contributed by atoms with E-state index in [4.69, 9.17) is 14.2 Å². The third-order valence-corrected chi connectivity index (χ3v) is 4.37. The molecular weight excluding hydrogens is 332 g/mol. The number of ether oxygens (including phenoxy) is 3. The van der Waals surface area contributed by atoms with E-state index < -0.39 is 0 Å². The van der Waals surface area contributed by atoms with Crippen LogP contribution in [0.3, 0.4) is 0 Å². The van der Waals surface area contributed by atoms with Crippen LogP contribution in [0.5, 0.6) is 17.2 Å². The first-order valence-corrected chi connectivity index (χ1v) is 7.86. The van der Waals surface area contributed by atoms with Crippen molar-refractivity contribution < 1.29 is 19.0 Å². The molecule has 1 unspecified atom stereocenters. The van der Waals surface area contributed by atoms with Gasteiger partial charge < -0.3 is 24.4 Å². The molecule has 0 aliphatic carbocycles. The minimum absolute atomic E-state index is 0. The third-order valence-electron chi connectivity index (χ3n) is 4.37. The van der Waals surface area contributed by atoms with Gasteiger partial charge in [0.25, 0.3) is 0 Å². The van der Waals surface area contributed by atoms with Gasteiger partial charge in [-0.15, -0.1) is 12.4 Å². The number of nitrogens with zero attached hydrogens (tertiary/aromatic N) is 1. The SMILES string of the molecule is COc1ccc(CCC(=O)N(C)C2CCNC2)c(OC)c1OC.Cl. The molecule has 136 valence electrons. The lowest BCUT2D eigenvalue weighted by atomic mass is 10.1. The number of amides is 1. The average molecular weight is 359 g/mol. The van der Waals surface area contributed by atoms with Crippen LogP contribution in [0, 0.1) is 0 Å². The summed E-state index contributed by atoms with van der Waals surface area (Å²) in [5.74, 6) is 1.96. The number of halogens is 1. The molecule has 1 aromatic carbocycles.